The van der Waals surface area contributed by atoms with Crippen LogP contribution in [0.5, 0.6) is 0 Å². The molecular formula is C19H19NO4S. The van der Waals surface area contributed by atoms with Gasteiger partial charge < -0.3 is 4.74 Å². The fourth-order valence-electron chi connectivity index (χ4n) is 2.91. The Kier molecular flexibility index (Phi) is 5.01. The Balaban J connectivity index is 1.94. The van der Waals surface area contributed by atoms with E-state index >= 15 is 0 Å². The normalized spacial score (nSPS) is 18.0. The van der Waals surface area contributed by atoms with E-state index in [2.05, 4.69) is 0 Å². The van der Waals surface area contributed by atoms with E-state index in [9.17, 15) is 13.2 Å². The molecule has 0 bridgehead atoms. The van der Waals surface area contributed by atoms with Gasteiger partial charge in [0.05, 0.1) is 7.11 Å². The van der Waals surface area contributed by atoms with Crippen molar-refractivity contribution in [2.24, 2.45) is 0 Å². The van der Waals surface area contributed by atoms with Gasteiger partial charge in [-0.15, -0.1) is 0 Å². The van der Waals surface area contributed by atoms with Crippen LogP contribution >= 0.6 is 0 Å². The molecule has 0 saturated carbocycles. The number of hydrogen-bond acceptors (Lipinski definition) is 4. The highest BCUT2D eigenvalue weighted by molar-refractivity contribution is 7.92. The van der Waals surface area contributed by atoms with E-state index in [0.29, 0.717) is 6.42 Å². The van der Waals surface area contributed by atoms with Gasteiger partial charge in [0.15, 0.2) is 0 Å². The van der Waals surface area contributed by atoms with Crippen molar-refractivity contribution in [1.29, 1.82) is 0 Å². The second-order valence-electron chi connectivity index (χ2n) is 5.82. The molecule has 2 aromatic rings. The fraction of sp³-hybridized carbons (Fsp3) is 0.211. The van der Waals surface area contributed by atoms with Crippen molar-refractivity contribution in [3.8, 4) is 0 Å². The van der Waals surface area contributed by atoms with Gasteiger partial charge in [-0.25, -0.2) is 8.42 Å². The summed E-state index contributed by atoms with van der Waals surface area (Å²) in [4.78, 5) is 12.2. The lowest BCUT2D eigenvalue weighted by Gasteiger charge is -2.33. The van der Waals surface area contributed by atoms with Gasteiger partial charge >= 0.3 is 5.97 Å². The van der Waals surface area contributed by atoms with Gasteiger partial charge in [-0.2, -0.15) is 4.31 Å². The summed E-state index contributed by atoms with van der Waals surface area (Å²) in [7, 11) is -2.51. The van der Waals surface area contributed by atoms with Crippen molar-refractivity contribution in [3.05, 3.63) is 76.7 Å². The minimum atomic E-state index is -3.78. The summed E-state index contributed by atoms with van der Waals surface area (Å²) in [5.74, 6) is -0.550. The smallest absolute Gasteiger partial charge is 0.324 e. The van der Waals surface area contributed by atoms with Crippen molar-refractivity contribution >= 4 is 22.1 Å². The molecule has 1 atom stereocenters. The lowest BCUT2D eigenvalue weighted by molar-refractivity contribution is -0.145. The van der Waals surface area contributed by atoms with E-state index in [4.69, 9.17) is 4.74 Å². The summed E-state index contributed by atoms with van der Waals surface area (Å²) in [5, 5.41) is 1.15. The number of benzene rings is 2. The van der Waals surface area contributed by atoms with E-state index in [-0.39, 0.29) is 6.54 Å². The van der Waals surface area contributed by atoms with E-state index < -0.39 is 22.0 Å². The second kappa shape index (κ2) is 7.21. The average molecular weight is 357 g/mol. The van der Waals surface area contributed by atoms with Crippen molar-refractivity contribution in [3.63, 3.8) is 0 Å². The molecule has 0 radical (unpaired) electrons. The van der Waals surface area contributed by atoms with Gasteiger partial charge in [0.2, 0.25) is 10.0 Å². The lowest BCUT2D eigenvalue weighted by Crippen LogP contribution is -2.48. The van der Waals surface area contributed by atoms with E-state index in [1.54, 1.807) is 0 Å². The van der Waals surface area contributed by atoms with Gasteiger partial charge in [-0.3, -0.25) is 4.79 Å². The molecule has 3 rings (SSSR count). The third kappa shape index (κ3) is 3.81. The molecule has 130 valence electrons. The standard InChI is InChI=1S/C19H19NO4S/c1-24-19(21)18-13-16-9-5-6-10-17(16)14-20(18)25(22,23)12-11-15-7-3-2-4-8-15/h2-12,18H,13-14H2,1H3/b12-11+/t18-/m0/s1. The maximum Gasteiger partial charge on any atom is 0.324 e. The zero-order chi connectivity index (χ0) is 17.9. The van der Waals surface area contributed by atoms with Crippen LogP contribution in [0, 0.1) is 0 Å². The van der Waals surface area contributed by atoms with Crippen LogP contribution in [0.3, 0.4) is 0 Å². The Morgan fingerprint density at radius 3 is 2.40 bits per heavy atom. The predicted octanol–water partition coefficient (Wildman–Crippen LogP) is 2.59. The largest absolute Gasteiger partial charge is 0.468 e. The van der Waals surface area contributed by atoms with Gasteiger partial charge in [-0.1, -0.05) is 54.6 Å². The zero-order valence-corrected chi connectivity index (χ0v) is 14.6. The Hall–Kier alpha value is -2.44. The van der Waals surface area contributed by atoms with E-state index in [0.717, 1.165) is 22.1 Å². The maximum absolute atomic E-state index is 12.8. The molecule has 1 aliphatic heterocycles. The van der Waals surface area contributed by atoms with Crippen molar-refractivity contribution in [2.75, 3.05) is 7.11 Å². The molecule has 6 heteroatoms. The van der Waals surface area contributed by atoms with Crippen LogP contribution < -0.4 is 0 Å². The lowest BCUT2D eigenvalue weighted by atomic mass is 9.96. The van der Waals surface area contributed by atoms with Crippen LogP contribution in [-0.2, 0) is 32.5 Å². The number of sulfonamides is 1. The predicted molar refractivity (Wildman–Crippen MR) is 95.9 cm³/mol. The van der Waals surface area contributed by atoms with Crippen molar-refractivity contribution in [2.45, 2.75) is 19.0 Å². The molecule has 1 aliphatic rings. The first kappa shape index (κ1) is 17.4. The van der Waals surface area contributed by atoms with Crippen molar-refractivity contribution < 1.29 is 17.9 Å². The van der Waals surface area contributed by atoms with Gasteiger partial charge in [-0.05, 0) is 22.8 Å². The van der Waals surface area contributed by atoms with Crippen LogP contribution in [0.1, 0.15) is 16.7 Å². The maximum atomic E-state index is 12.8. The Labute approximate surface area is 147 Å². The van der Waals surface area contributed by atoms with Crippen LogP contribution in [0.2, 0.25) is 0 Å². The number of esters is 1. The first-order valence-electron chi connectivity index (χ1n) is 7.91. The molecule has 0 amide bonds. The van der Waals surface area contributed by atoms with E-state index in [1.165, 1.54) is 17.5 Å². The van der Waals surface area contributed by atoms with Gasteiger partial charge in [0, 0.05) is 18.4 Å². The highest BCUT2D eigenvalue weighted by atomic mass is 32.2. The number of carbonyl (C=O) groups excluding carboxylic acids is 1. The third-order valence-corrected chi connectivity index (χ3v) is 5.75. The number of rotatable bonds is 4. The number of fused-ring (bicyclic) bond motifs is 1. The topological polar surface area (TPSA) is 63.7 Å². The summed E-state index contributed by atoms with van der Waals surface area (Å²) in [5.41, 5.74) is 2.65. The van der Waals surface area contributed by atoms with Gasteiger partial charge in [0.25, 0.3) is 0 Å². The summed E-state index contributed by atoms with van der Waals surface area (Å²) in [6, 6.07) is 15.8. The fourth-order valence-corrected chi connectivity index (χ4v) is 4.23. The highest BCUT2D eigenvalue weighted by Gasteiger charge is 2.38. The zero-order valence-electron chi connectivity index (χ0n) is 13.8. The second-order valence-corrected chi connectivity index (χ2v) is 7.59. The third-order valence-electron chi connectivity index (χ3n) is 4.24. The summed E-state index contributed by atoms with van der Waals surface area (Å²) in [6.07, 6.45) is 1.84. The summed E-state index contributed by atoms with van der Waals surface area (Å²) in [6.45, 7) is 0.150. The first-order chi connectivity index (χ1) is 12.0. The minimum Gasteiger partial charge on any atom is -0.468 e. The first-order valence-corrected chi connectivity index (χ1v) is 9.41. The molecule has 25 heavy (non-hydrogen) atoms. The number of ether oxygens (including phenoxy) is 1. The molecule has 1 heterocycles. The molecule has 0 unspecified atom stereocenters. The average Bonchev–Trinajstić information content (AvgIpc) is 2.65. The van der Waals surface area contributed by atoms with Crippen LogP contribution in [-0.4, -0.2) is 31.8 Å². The summed E-state index contributed by atoms with van der Waals surface area (Å²) < 4.78 is 31.7. The number of methoxy groups -OCH3 is 1. The van der Waals surface area contributed by atoms with Crippen LogP contribution in [0.25, 0.3) is 6.08 Å². The number of hydrogen-bond donors (Lipinski definition) is 0. The monoisotopic (exact) mass is 357 g/mol. The molecule has 0 saturated heterocycles. The minimum absolute atomic E-state index is 0.150. The molecule has 2 aromatic carbocycles. The number of nitrogens with zero attached hydrogens (tertiary/aromatic N) is 1. The molecule has 0 N–H and O–H groups in total. The van der Waals surface area contributed by atoms with Crippen LogP contribution in [0.4, 0.5) is 0 Å². The Morgan fingerprint density at radius 1 is 1.08 bits per heavy atom. The molecule has 0 fully saturated rings. The molecule has 0 aliphatic carbocycles. The Morgan fingerprint density at radius 2 is 1.72 bits per heavy atom. The van der Waals surface area contributed by atoms with Crippen LogP contribution in [0.15, 0.2) is 60.0 Å². The quantitative estimate of drug-likeness (QED) is 0.789. The Bertz CT molecular complexity index is 891. The summed E-state index contributed by atoms with van der Waals surface area (Å²) >= 11 is 0. The van der Waals surface area contributed by atoms with Crippen molar-refractivity contribution in [1.82, 2.24) is 4.31 Å². The number of carbonyl (C=O) groups is 1. The van der Waals surface area contributed by atoms with E-state index in [1.807, 2.05) is 54.6 Å². The molecule has 0 aromatic heterocycles. The molecule has 5 nitrogen and oxygen atoms in total. The SMILES string of the molecule is COC(=O)[C@@H]1Cc2ccccc2CN1S(=O)(=O)/C=C/c1ccccc1. The molecular weight excluding hydrogens is 338 g/mol. The van der Waals surface area contributed by atoms with Gasteiger partial charge in [0.1, 0.15) is 6.04 Å². The molecule has 0 spiro atoms. The highest BCUT2D eigenvalue weighted by Crippen LogP contribution is 2.27.